The lowest BCUT2D eigenvalue weighted by Crippen LogP contribution is -2.43. The summed E-state index contributed by atoms with van der Waals surface area (Å²) in [5.74, 6) is 0. The quantitative estimate of drug-likeness (QED) is 0.659. The van der Waals surface area contributed by atoms with Gasteiger partial charge < -0.3 is 0 Å². The minimum Gasteiger partial charge on any atom is -0.298 e. The van der Waals surface area contributed by atoms with Gasteiger partial charge in [-0.3, -0.25) is 4.90 Å². The van der Waals surface area contributed by atoms with E-state index < -0.39 is 0 Å². The van der Waals surface area contributed by atoms with E-state index in [1.165, 1.54) is 0 Å². The van der Waals surface area contributed by atoms with E-state index in [0.29, 0.717) is 0 Å². The van der Waals surface area contributed by atoms with Crippen molar-refractivity contribution in [2.45, 2.75) is 2.14 Å². The molecule has 0 aliphatic carbocycles. The van der Waals surface area contributed by atoms with Crippen molar-refractivity contribution in [2.24, 2.45) is 0 Å². The summed E-state index contributed by atoms with van der Waals surface area (Å²) in [4.78, 5) is 2.37. The Morgan fingerprint density at radius 1 is 1.18 bits per heavy atom. The summed E-state index contributed by atoms with van der Waals surface area (Å²) in [6.45, 7) is 5.06. The molecule has 0 aromatic heterocycles. The molecule has 1 radical (unpaired) electrons. The molecule has 1 aliphatic rings. The van der Waals surface area contributed by atoms with Crippen molar-refractivity contribution in [1.29, 1.82) is 0 Å². The normalized spacial score (nSPS) is 22.1. The van der Waals surface area contributed by atoms with Crippen LogP contribution in [0.4, 0.5) is 0 Å². The van der Waals surface area contributed by atoms with Crippen molar-refractivity contribution in [2.75, 3.05) is 32.7 Å². The highest BCUT2D eigenvalue weighted by Gasteiger charge is 2.22. The predicted octanol–water partition coefficient (Wildman–Crippen LogP) is 1.74. The highest BCUT2D eigenvalue weighted by Crippen LogP contribution is 2.34. The molecule has 1 heterocycles. The zero-order valence-corrected chi connectivity index (χ0v) is 10.8. The van der Waals surface area contributed by atoms with Crippen LogP contribution in [0.25, 0.3) is 0 Å². The van der Waals surface area contributed by atoms with Crippen LogP contribution in [0.2, 0.25) is 0 Å². The third-order valence-electron chi connectivity index (χ3n) is 1.55. The summed E-state index contributed by atoms with van der Waals surface area (Å²) < 4.78 is -0.121. The minimum absolute atomic E-state index is 0.121. The van der Waals surface area contributed by atoms with Crippen molar-refractivity contribution in [3.63, 3.8) is 0 Å². The lowest BCUT2D eigenvalue weighted by molar-refractivity contribution is 0.248. The highest BCUT2D eigenvalue weighted by atomic mass is 80.0. The molecule has 11 heavy (non-hydrogen) atoms. The molecular weight excluding hydrogens is 340 g/mol. The first-order valence-corrected chi connectivity index (χ1v) is 5.88. The fourth-order valence-corrected chi connectivity index (χ4v) is 2.12. The van der Waals surface area contributed by atoms with Gasteiger partial charge in [-0.2, -0.15) is 0 Å². The lowest BCUT2D eigenvalue weighted by atomic mass is 10.4. The molecule has 0 aromatic rings. The number of nitrogens with zero attached hydrogens (tertiary/aromatic N) is 2. The molecule has 0 N–H and O–H groups in total. The van der Waals surface area contributed by atoms with E-state index >= 15 is 0 Å². The third kappa shape index (κ3) is 4.83. The first kappa shape index (κ1) is 10.4. The van der Waals surface area contributed by atoms with Crippen LogP contribution < -0.4 is 5.32 Å². The van der Waals surface area contributed by atoms with Crippen molar-refractivity contribution in [3.05, 3.63) is 0 Å². The number of hydrogen-bond acceptors (Lipinski definition) is 1. The molecule has 0 unspecified atom stereocenters. The van der Waals surface area contributed by atoms with Gasteiger partial charge in [0.15, 0.2) is 0 Å². The van der Waals surface area contributed by atoms with Crippen molar-refractivity contribution in [1.82, 2.24) is 10.2 Å². The Hall–Kier alpha value is 1.36. The minimum atomic E-state index is -0.121. The molecule has 0 aromatic carbocycles. The molecule has 5 heteroatoms. The Bertz CT molecular complexity index is 117. The molecule has 0 spiro atoms. The Kier molecular flexibility index (Phi) is 4.32. The first-order chi connectivity index (χ1) is 5.08. The summed E-state index contributed by atoms with van der Waals surface area (Å²) in [5.41, 5.74) is 0. The van der Waals surface area contributed by atoms with E-state index in [-0.39, 0.29) is 2.14 Å². The van der Waals surface area contributed by atoms with E-state index in [2.05, 4.69) is 58.0 Å². The SMILES string of the molecule is BrC(Br)(Br)CN1CC[N]CC1. The van der Waals surface area contributed by atoms with Crippen molar-refractivity contribution >= 4 is 47.8 Å². The topological polar surface area (TPSA) is 17.3 Å². The average Bonchev–Trinajstić information content (AvgIpc) is 1.85. The zero-order chi connectivity index (χ0) is 8.32. The Balaban J connectivity index is 2.24. The standard InChI is InChI=1S/C6H10Br3N2/c7-6(8,9)5-11-3-1-10-2-4-11/h1-5H2. The first-order valence-electron chi connectivity index (χ1n) is 3.50. The van der Waals surface area contributed by atoms with Gasteiger partial charge in [0.05, 0.1) is 0 Å². The number of halogens is 3. The molecule has 0 atom stereocenters. The van der Waals surface area contributed by atoms with Gasteiger partial charge in [0.25, 0.3) is 0 Å². The highest BCUT2D eigenvalue weighted by molar-refractivity contribution is 9.39. The Morgan fingerprint density at radius 3 is 2.18 bits per heavy atom. The third-order valence-corrected chi connectivity index (χ3v) is 2.30. The Labute approximate surface area is 92.5 Å². The van der Waals surface area contributed by atoms with E-state index in [4.69, 9.17) is 0 Å². The zero-order valence-electron chi connectivity index (χ0n) is 6.06. The van der Waals surface area contributed by atoms with Gasteiger partial charge >= 0.3 is 0 Å². The monoisotopic (exact) mass is 347 g/mol. The predicted molar refractivity (Wildman–Crippen MR) is 57.8 cm³/mol. The number of alkyl halides is 3. The average molecular weight is 350 g/mol. The fourth-order valence-electron chi connectivity index (χ4n) is 1.06. The molecule has 1 aliphatic heterocycles. The maximum atomic E-state index is 4.27. The molecular formula is C6H10Br3N2. The van der Waals surface area contributed by atoms with E-state index in [1.54, 1.807) is 0 Å². The van der Waals surface area contributed by atoms with Crippen molar-refractivity contribution in [3.8, 4) is 0 Å². The van der Waals surface area contributed by atoms with Crippen molar-refractivity contribution < 1.29 is 0 Å². The lowest BCUT2D eigenvalue weighted by Gasteiger charge is -2.29. The second kappa shape index (κ2) is 4.56. The fraction of sp³-hybridized carbons (Fsp3) is 1.00. The summed E-state index contributed by atoms with van der Waals surface area (Å²) in [7, 11) is 0. The molecule has 1 rings (SSSR count). The molecule has 0 bridgehead atoms. The van der Waals surface area contributed by atoms with Crippen LogP contribution in [0, 0.1) is 0 Å². The summed E-state index contributed by atoms with van der Waals surface area (Å²) >= 11 is 10.4. The second-order valence-corrected chi connectivity index (χ2v) is 9.82. The van der Waals surface area contributed by atoms with Gasteiger partial charge in [0, 0.05) is 32.7 Å². The van der Waals surface area contributed by atoms with Crippen LogP contribution in [0.5, 0.6) is 0 Å². The van der Waals surface area contributed by atoms with E-state index in [9.17, 15) is 0 Å². The van der Waals surface area contributed by atoms with Crippen LogP contribution in [-0.4, -0.2) is 39.8 Å². The molecule has 1 saturated heterocycles. The number of piperazine rings is 1. The number of hydrogen-bond donors (Lipinski definition) is 0. The van der Waals surface area contributed by atoms with E-state index in [1.807, 2.05) is 0 Å². The molecule has 0 saturated carbocycles. The maximum absolute atomic E-state index is 4.27. The maximum Gasteiger partial charge on any atom is 0.147 e. The second-order valence-electron chi connectivity index (χ2n) is 2.56. The summed E-state index contributed by atoms with van der Waals surface area (Å²) in [6, 6.07) is 0. The summed E-state index contributed by atoms with van der Waals surface area (Å²) in [5, 5.41) is 4.27. The summed E-state index contributed by atoms with van der Waals surface area (Å²) in [6.07, 6.45) is 0. The van der Waals surface area contributed by atoms with Gasteiger partial charge in [-0.1, -0.05) is 47.8 Å². The molecule has 65 valence electrons. The van der Waals surface area contributed by atoms with Crippen LogP contribution >= 0.6 is 47.8 Å². The molecule has 0 amide bonds. The van der Waals surface area contributed by atoms with Gasteiger partial charge in [0.2, 0.25) is 0 Å². The van der Waals surface area contributed by atoms with Crippen LogP contribution in [0.3, 0.4) is 0 Å². The smallest absolute Gasteiger partial charge is 0.147 e. The number of rotatable bonds is 1. The molecule has 1 fully saturated rings. The van der Waals surface area contributed by atoms with E-state index in [0.717, 1.165) is 32.7 Å². The van der Waals surface area contributed by atoms with Gasteiger partial charge in [0.1, 0.15) is 2.14 Å². The van der Waals surface area contributed by atoms with Gasteiger partial charge in [-0.05, 0) is 0 Å². The van der Waals surface area contributed by atoms with Crippen LogP contribution in [-0.2, 0) is 0 Å². The largest absolute Gasteiger partial charge is 0.298 e. The van der Waals surface area contributed by atoms with Crippen LogP contribution in [0.1, 0.15) is 0 Å². The molecule has 2 nitrogen and oxygen atoms in total. The van der Waals surface area contributed by atoms with Gasteiger partial charge in [-0.25, -0.2) is 5.32 Å². The van der Waals surface area contributed by atoms with Crippen LogP contribution in [0.15, 0.2) is 0 Å². The van der Waals surface area contributed by atoms with Gasteiger partial charge in [-0.15, -0.1) is 0 Å². The Morgan fingerprint density at radius 2 is 1.73 bits per heavy atom.